The van der Waals surface area contributed by atoms with Crippen LogP contribution in [0, 0.1) is 0 Å². The lowest BCUT2D eigenvalue weighted by Crippen LogP contribution is -2.29. The summed E-state index contributed by atoms with van der Waals surface area (Å²) in [4.78, 5) is 31.8. The number of carbonyl (C=O) groups is 2. The van der Waals surface area contributed by atoms with E-state index >= 15 is 0 Å². The van der Waals surface area contributed by atoms with Gasteiger partial charge in [0, 0.05) is 5.56 Å². The van der Waals surface area contributed by atoms with Crippen LogP contribution in [0.4, 0.5) is 5.69 Å². The summed E-state index contributed by atoms with van der Waals surface area (Å²) < 4.78 is 5.36. The Morgan fingerprint density at radius 1 is 0.889 bits per heavy atom. The second-order valence-corrected chi connectivity index (χ2v) is 6.89. The molecule has 4 aromatic rings. The van der Waals surface area contributed by atoms with E-state index in [1.165, 1.54) is 16.2 Å². The summed E-state index contributed by atoms with van der Waals surface area (Å²) >= 11 is 1.52. The van der Waals surface area contributed by atoms with Gasteiger partial charge in [0.25, 0.3) is 17.7 Å². The molecular formula is C20H11N3O3S. The number of carbonyl (C=O) groups excluding carboxylic acids is 2. The van der Waals surface area contributed by atoms with Gasteiger partial charge >= 0.3 is 0 Å². The molecule has 3 heterocycles. The van der Waals surface area contributed by atoms with Crippen molar-refractivity contribution in [3.05, 3.63) is 77.2 Å². The minimum atomic E-state index is -0.336. The Balaban J connectivity index is 1.52. The molecule has 0 saturated heterocycles. The standard InChI is InChI=1S/C20H11N3O3S/c24-19-14-7-1-2-8-15(14)20(25)23(19)13-6-3-5-12(11-13)18-21-17(22-26-18)16-9-4-10-27-16/h1-11H. The molecule has 0 aliphatic carbocycles. The van der Waals surface area contributed by atoms with Crippen LogP contribution in [0.25, 0.3) is 22.2 Å². The first-order valence-electron chi connectivity index (χ1n) is 8.18. The first kappa shape index (κ1) is 15.7. The number of hydrogen-bond acceptors (Lipinski definition) is 6. The second kappa shape index (κ2) is 6.00. The molecule has 0 bridgehead atoms. The fraction of sp³-hybridized carbons (Fsp3) is 0. The van der Waals surface area contributed by atoms with Crippen LogP contribution in [0.15, 0.2) is 70.6 Å². The predicted octanol–water partition coefficient (Wildman–Crippen LogP) is 4.27. The van der Waals surface area contributed by atoms with E-state index in [-0.39, 0.29) is 11.8 Å². The molecule has 2 aromatic carbocycles. The van der Waals surface area contributed by atoms with Crippen molar-refractivity contribution < 1.29 is 14.1 Å². The highest BCUT2D eigenvalue weighted by atomic mass is 32.1. The topological polar surface area (TPSA) is 76.3 Å². The second-order valence-electron chi connectivity index (χ2n) is 5.94. The Morgan fingerprint density at radius 3 is 2.37 bits per heavy atom. The molecule has 7 heteroatoms. The van der Waals surface area contributed by atoms with E-state index in [9.17, 15) is 9.59 Å². The molecule has 0 spiro atoms. The fourth-order valence-corrected chi connectivity index (χ4v) is 3.70. The van der Waals surface area contributed by atoms with E-state index < -0.39 is 0 Å². The number of hydrogen-bond donors (Lipinski definition) is 0. The first-order valence-corrected chi connectivity index (χ1v) is 9.06. The molecule has 0 radical (unpaired) electrons. The SMILES string of the molecule is O=C1c2ccccc2C(=O)N1c1cccc(-c2nc(-c3cccs3)no2)c1. The Bertz CT molecular complexity index is 1150. The van der Waals surface area contributed by atoms with Crippen LogP contribution >= 0.6 is 11.3 Å². The summed E-state index contributed by atoms with van der Waals surface area (Å²) in [5.74, 6) is 0.165. The van der Waals surface area contributed by atoms with Crippen LogP contribution in [0.3, 0.4) is 0 Å². The third kappa shape index (κ3) is 2.48. The van der Waals surface area contributed by atoms with E-state index in [0.717, 1.165) is 4.88 Å². The number of thiophene rings is 1. The normalized spacial score (nSPS) is 13.3. The average molecular weight is 373 g/mol. The van der Waals surface area contributed by atoms with Crippen molar-refractivity contribution in [2.45, 2.75) is 0 Å². The first-order chi connectivity index (χ1) is 13.2. The Labute approximate surface area is 157 Å². The van der Waals surface area contributed by atoms with Crippen LogP contribution in [0.1, 0.15) is 20.7 Å². The molecule has 0 atom stereocenters. The maximum atomic E-state index is 12.7. The van der Waals surface area contributed by atoms with E-state index in [0.29, 0.717) is 34.1 Å². The molecule has 6 nitrogen and oxygen atoms in total. The Morgan fingerprint density at radius 2 is 1.67 bits per heavy atom. The van der Waals surface area contributed by atoms with Gasteiger partial charge in [-0.05, 0) is 41.8 Å². The van der Waals surface area contributed by atoms with E-state index in [1.807, 2.05) is 17.5 Å². The van der Waals surface area contributed by atoms with Gasteiger partial charge in [0.1, 0.15) is 0 Å². The zero-order valence-corrected chi connectivity index (χ0v) is 14.6. The van der Waals surface area contributed by atoms with Crippen LogP contribution in [-0.2, 0) is 0 Å². The van der Waals surface area contributed by atoms with Gasteiger partial charge in [-0.3, -0.25) is 9.59 Å². The van der Waals surface area contributed by atoms with Crippen molar-refractivity contribution in [1.29, 1.82) is 0 Å². The van der Waals surface area contributed by atoms with Gasteiger partial charge in [-0.25, -0.2) is 4.90 Å². The van der Waals surface area contributed by atoms with Crippen LogP contribution < -0.4 is 4.90 Å². The fourth-order valence-electron chi connectivity index (χ4n) is 3.05. The molecule has 0 fully saturated rings. The van der Waals surface area contributed by atoms with Crippen molar-refractivity contribution in [2.24, 2.45) is 0 Å². The van der Waals surface area contributed by atoms with Crippen LogP contribution in [0.2, 0.25) is 0 Å². The molecule has 0 N–H and O–H groups in total. The average Bonchev–Trinajstić information content (AvgIpc) is 3.43. The number of fused-ring (bicyclic) bond motifs is 1. The zero-order chi connectivity index (χ0) is 18.4. The monoisotopic (exact) mass is 373 g/mol. The van der Waals surface area contributed by atoms with Crippen molar-refractivity contribution in [2.75, 3.05) is 4.90 Å². The lowest BCUT2D eigenvalue weighted by molar-refractivity contribution is 0.0926. The van der Waals surface area contributed by atoms with Crippen LogP contribution in [0.5, 0.6) is 0 Å². The molecule has 2 amide bonds. The van der Waals surface area contributed by atoms with Crippen molar-refractivity contribution in [1.82, 2.24) is 10.1 Å². The van der Waals surface area contributed by atoms with E-state index in [1.54, 1.807) is 48.5 Å². The van der Waals surface area contributed by atoms with Gasteiger partial charge < -0.3 is 4.52 Å². The Kier molecular flexibility index (Phi) is 3.48. The van der Waals surface area contributed by atoms with Gasteiger partial charge in [0.15, 0.2) is 0 Å². The minimum absolute atomic E-state index is 0.330. The maximum Gasteiger partial charge on any atom is 0.266 e. The number of imide groups is 1. The minimum Gasteiger partial charge on any atom is -0.334 e. The number of aromatic nitrogens is 2. The summed E-state index contributed by atoms with van der Waals surface area (Å²) in [5, 5.41) is 5.94. The van der Waals surface area contributed by atoms with E-state index in [4.69, 9.17) is 4.52 Å². The highest BCUT2D eigenvalue weighted by Gasteiger charge is 2.36. The third-order valence-electron chi connectivity index (χ3n) is 4.31. The number of nitrogens with zero attached hydrogens (tertiary/aromatic N) is 3. The molecular weight excluding hydrogens is 362 g/mol. The highest BCUT2D eigenvalue weighted by molar-refractivity contribution is 7.13. The predicted molar refractivity (Wildman–Crippen MR) is 101 cm³/mol. The number of amides is 2. The summed E-state index contributed by atoms with van der Waals surface area (Å²) in [6, 6.07) is 17.6. The lowest BCUT2D eigenvalue weighted by atomic mass is 10.1. The maximum absolute atomic E-state index is 12.7. The summed E-state index contributed by atoms with van der Waals surface area (Å²) in [6.07, 6.45) is 0. The Hall–Kier alpha value is -3.58. The summed E-state index contributed by atoms with van der Waals surface area (Å²) in [7, 11) is 0. The van der Waals surface area contributed by atoms with Crippen molar-refractivity contribution >= 4 is 28.8 Å². The lowest BCUT2D eigenvalue weighted by Gasteiger charge is -2.14. The number of benzene rings is 2. The summed E-state index contributed by atoms with van der Waals surface area (Å²) in [6.45, 7) is 0. The molecule has 0 unspecified atom stereocenters. The third-order valence-corrected chi connectivity index (χ3v) is 5.18. The largest absolute Gasteiger partial charge is 0.334 e. The van der Waals surface area contributed by atoms with Gasteiger partial charge in [0.2, 0.25) is 5.82 Å². The smallest absolute Gasteiger partial charge is 0.266 e. The van der Waals surface area contributed by atoms with E-state index in [2.05, 4.69) is 10.1 Å². The van der Waals surface area contributed by atoms with Gasteiger partial charge in [-0.15, -0.1) is 11.3 Å². The molecule has 2 aromatic heterocycles. The number of anilines is 1. The molecule has 27 heavy (non-hydrogen) atoms. The van der Waals surface area contributed by atoms with Crippen LogP contribution in [-0.4, -0.2) is 22.0 Å². The van der Waals surface area contributed by atoms with Gasteiger partial charge in [-0.2, -0.15) is 4.98 Å². The summed E-state index contributed by atoms with van der Waals surface area (Å²) in [5.41, 5.74) is 1.92. The molecule has 0 saturated carbocycles. The molecule has 130 valence electrons. The quantitative estimate of drug-likeness (QED) is 0.501. The number of rotatable bonds is 3. The molecule has 5 rings (SSSR count). The zero-order valence-electron chi connectivity index (χ0n) is 13.8. The highest BCUT2D eigenvalue weighted by Crippen LogP contribution is 2.31. The van der Waals surface area contributed by atoms with Gasteiger partial charge in [-0.1, -0.05) is 29.4 Å². The molecule has 1 aliphatic rings. The van der Waals surface area contributed by atoms with Gasteiger partial charge in [0.05, 0.1) is 21.7 Å². The molecule has 1 aliphatic heterocycles. The van der Waals surface area contributed by atoms with Crippen molar-refractivity contribution in [3.8, 4) is 22.2 Å². The van der Waals surface area contributed by atoms with Crippen molar-refractivity contribution in [3.63, 3.8) is 0 Å².